The minimum atomic E-state index is -0.578. The van der Waals surface area contributed by atoms with E-state index in [-0.39, 0.29) is 31.3 Å². The average Bonchev–Trinajstić information content (AvgIpc) is 2.86. The van der Waals surface area contributed by atoms with Crippen molar-refractivity contribution in [2.75, 3.05) is 6.79 Å². The molecule has 0 radical (unpaired) electrons. The molecular formula is C16H16ClN3O6. The normalized spacial score (nSPS) is 13.0. The lowest BCUT2D eigenvalue weighted by molar-refractivity contribution is -0.386. The Hall–Kier alpha value is -2.65. The second kappa shape index (κ2) is 7.30. The summed E-state index contributed by atoms with van der Waals surface area (Å²) >= 11 is 6.07. The topological polar surface area (TPSA) is 106 Å². The summed E-state index contributed by atoms with van der Waals surface area (Å²) in [5, 5.41) is 15.5. The Morgan fingerprint density at radius 2 is 2.23 bits per heavy atom. The summed E-state index contributed by atoms with van der Waals surface area (Å²) in [5.41, 5.74) is 1.85. The van der Waals surface area contributed by atoms with Crippen LogP contribution in [0.1, 0.15) is 22.5 Å². The predicted octanol–water partition coefficient (Wildman–Crippen LogP) is 2.67. The van der Waals surface area contributed by atoms with Crippen molar-refractivity contribution in [1.29, 1.82) is 0 Å². The van der Waals surface area contributed by atoms with E-state index in [1.54, 1.807) is 12.1 Å². The van der Waals surface area contributed by atoms with E-state index in [9.17, 15) is 14.9 Å². The second-order valence-corrected chi connectivity index (χ2v) is 6.20. The monoisotopic (exact) mass is 381 g/mol. The third kappa shape index (κ3) is 3.63. The Morgan fingerprint density at radius 1 is 1.46 bits per heavy atom. The van der Waals surface area contributed by atoms with Gasteiger partial charge in [0.2, 0.25) is 0 Å². The van der Waals surface area contributed by atoms with Gasteiger partial charge < -0.3 is 14.2 Å². The molecule has 9 nitrogen and oxygen atoms in total. The first-order chi connectivity index (χ1) is 12.4. The minimum Gasteiger partial charge on any atom is -0.467 e. The first-order valence-corrected chi connectivity index (χ1v) is 8.10. The molecule has 2 heterocycles. The Morgan fingerprint density at radius 3 is 2.92 bits per heavy atom. The molecular weight excluding hydrogens is 366 g/mol. The number of ether oxygens (including phenoxy) is 3. The van der Waals surface area contributed by atoms with Crippen LogP contribution in [0.25, 0.3) is 0 Å². The van der Waals surface area contributed by atoms with Crippen LogP contribution in [-0.2, 0) is 34.0 Å². The van der Waals surface area contributed by atoms with E-state index >= 15 is 0 Å². The van der Waals surface area contributed by atoms with E-state index in [0.29, 0.717) is 28.6 Å². The van der Waals surface area contributed by atoms with Crippen LogP contribution in [0.4, 0.5) is 5.69 Å². The van der Waals surface area contributed by atoms with Crippen molar-refractivity contribution in [3.05, 3.63) is 49.8 Å². The Bertz CT molecular complexity index is 879. The molecule has 0 atom stereocenters. The standard InChI is InChI=1S/C16H16ClN3O6/c1-9-15(20(22)23)10(2)19(18-9)5-14(21)25-7-12-4-13(17)3-11-6-24-8-26-16(11)12/h3-4H,5-8H2,1-2H3. The van der Waals surface area contributed by atoms with Gasteiger partial charge in [0, 0.05) is 16.1 Å². The number of fused-ring (bicyclic) bond motifs is 1. The molecule has 0 saturated carbocycles. The van der Waals surface area contributed by atoms with Gasteiger partial charge in [-0.2, -0.15) is 5.10 Å². The summed E-state index contributed by atoms with van der Waals surface area (Å²) in [6.45, 7) is 3.27. The van der Waals surface area contributed by atoms with Crippen molar-refractivity contribution in [2.24, 2.45) is 0 Å². The van der Waals surface area contributed by atoms with E-state index in [0.717, 1.165) is 5.56 Å². The van der Waals surface area contributed by atoms with Crippen LogP contribution in [0.2, 0.25) is 5.02 Å². The number of hydrogen-bond donors (Lipinski definition) is 0. The van der Waals surface area contributed by atoms with Gasteiger partial charge in [0.15, 0.2) is 6.79 Å². The van der Waals surface area contributed by atoms with Crippen LogP contribution in [0.15, 0.2) is 12.1 Å². The van der Waals surface area contributed by atoms with Crippen LogP contribution >= 0.6 is 11.6 Å². The molecule has 0 fully saturated rings. The number of esters is 1. The number of carbonyl (C=O) groups is 1. The van der Waals surface area contributed by atoms with E-state index in [1.165, 1.54) is 18.5 Å². The molecule has 0 unspecified atom stereocenters. The Labute approximate surface area is 153 Å². The number of nitrogens with zero attached hydrogens (tertiary/aromatic N) is 3. The van der Waals surface area contributed by atoms with Crippen LogP contribution in [0.3, 0.4) is 0 Å². The zero-order valence-electron chi connectivity index (χ0n) is 14.2. The zero-order chi connectivity index (χ0) is 18.8. The average molecular weight is 382 g/mol. The van der Waals surface area contributed by atoms with Crippen molar-refractivity contribution in [2.45, 2.75) is 33.6 Å². The molecule has 0 N–H and O–H groups in total. The molecule has 1 aliphatic heterocycles. The van der Waals surface area contributed by atoms with Gasteiger partial charge in [0.05, 0.1) is 11.5 Å². The number of halogens is 1. The number of hydrogen-bond acceptors (Lipinski definition) is 7. The molecule has 0 amide bonds. The summed E-state index contributed by atoms with van der Waals surface area (Å²) in [6.07, 6.45) is 0. The lowest BCUT2D eigenvalue weighted by atomic mass is 10.1. The van der Waals surface area contributed by atoms with Gasteiger partial charge in [-0.15, -0.1) is 0 Å². The molecule has 0 aliphatic carbocycles. The number of rotatable bonds is 5. The fraction of sp³-hybridized carbons (Fsp3) is 0.375. The highest BCUT2D eigenvalue weighted by Crippen LogP contribution is 2.32. The fourth-order valence-corrected chi connectivity index (χ4v) is 3.06. The summed E-state index contributed by atoms with van der Waals surface area (Å²) in [7, 11) is 0. The van der Waals surface area contributed by atoms with Gasteiger partial charge >= 0.3 is 11.7 Å². The lowest BCUT2D eigenvalue weighted by Gasteiger charge is -2.21. The number of aromatic nitrogens is 2. The van der Waals surface area contributed by atoms with Crippen molar-refractivity contribution in [3.8, 4) is 5.75 Å². The van der Waals surface area contributed by atoms with E-state index < -0.39 is 10.9 Å². The largest absolute Gasteiger partial charge is 0.467 e. The molecule has 3 rings (SSSR count). The maximum Gasteiger partial charge on any atom is 0.328 e. The van der Waals surface area contributed by atoms with Crippen molar-refractivity contribution in [3.63, 3.8) is 0 Å². The lowest BCUT2D eigenvalue weighted by Crippen LogP contribution is -2.17. The minimum absolute atomic E-state index is 0.0386. The molecule has 26 heavy (non-hydrogen) atoms. The van der Waals surface area contributed by atoms with Crippen molar-refractivity contribution < 1.29 is 23.9 Å². The molecule has 2 aromatic rings. The predicted molar refractivity (Wildman–Crippen MR) is 89.9 cm³/mol. The van der Waals surface area contributed by atoms with E-state index in [1.807, 2.05) is 0 Å². The third-order valence-corrected chi connectivity index (χ3v) is 4.16. The molecule has 138 valence electrons. The molecule has 0 spiro atoms. The molecule has 1 aliphatic rings. The van der Waals surface area contributed by atoms with Gasteiger partial charge in [-0.1, -0.05) is 11.6 Å². The fourth-order valence-electron chi connectivity index (χ4n) is 2.80. The highest BCUT2D eigenvalue weighted by molar-refractivity contribution is 6.30. The van der Waals surface area contributed by atoms with Gasteiger partial charge in [-0.25, -0.2) is 0 Å². The maximum absolute atomic E-state index is 12.1. The Kier molecular flexibility index (Phi) is 5.10. The van der Waals surface area contributed by atoms with Gasteiger partial charge in [-0.05, 0) is 26.0 Å². The number of benzene rings is 1. The summed E-state index contributed by atoms with van der Waals surface area (Å²) < 4.78 is 17.2. The first-order valence-electron chi connectivity index (χ1n) is 7.72. The molecule has 0 saturated heterocycles. The number of nitro groups is 1. The third-order valence-electron chi connectivity index (χ3n) is 3.95. The first kappa shape index (κ1) is 18.2. The summed E-state index contributed by atoms with van der Waals surface area (Å²) in [5.74, 6) is 0.0153. The SMILES string of the molecule is Cc1nn(CC(=O)OCc2cc(Cl)cc3c2OCOC3)c(C)c1[N+](=O)[O-]. The van der Waals surface area contributed by atoms with Crippen LogP contribution < -0.4 is 4.74 Å². The van der Waals surface area contributed by atoms with E-state index in [2.05, 4.69) is 5.10 Å². The maximum atomic E-state index is 12.1. The number of carbonyl (C=O) groups excluding carboxylic acids is 1. The van der Waals surface area contributed by atoms with E-state index in [4.69, 9.17) is 25.8 Å². The van der Waals surface area contributed by atoms with Gasteiger partial charge in [0.25, 0.3) is 0 Å². The highest BCUT2D eigenvalue weighted by atomic mass is 35.5. The highest BCUT2D eigenvalue weighted by Gasteiger charge is 2.23. The second-order valence-electron chi connectivity index (χ2n) is 5.76. The van der Waals surface area contributed by atoms with Crippen molar-refractivity contribution >= 4 is 23.3 Å². The van der Waals surface area contributed by atoms with Gasteiger partial charge in [0.1, 0.15) is 30.3 Å². The molecule has 10 heteroatoms. The molecule has 0 bridgehead atoms. The van der Waals surface area contributed by atoms with Crippen molar-refractivity contribution in [1.82, 2.24) is 9.78 Å². The summed E-state index contributed by atoms with van der Waals surface area (Å²) in [6, 6.07) is 3.39. The van der Waals surface area contributed by atoms with Gasteiger partial charge in [-0.3, -0.25) is 19.6 Å². The quantitative estimate of drug-likeness (QED) is 0.445. The zero-order valence-corrected chi connectivity index (χ0v) is 14.9. The van der Waals surface area contributed by atoms with Crippen LogP contribution in [0.5, 0.6) is 5.75 Å². The molecule has 1 aromatic carbocycles. The smallest absolute Gasteiger partial charge is 0.328 e. The summed E-state index contributed by atoms with van der Waals surface area (Å²) in [4.78, 5) is 22.6. The van der Waals surface area contributed by atoms with Crippen LogP contribution in [-0.4, -0.2) is 27.5 Å². The number of aryl methyl sites for hydroxylation is 1. The van der Waals surface area contributed by atoms with Crippen LogP contribution in [0, 0.1) is 24.0 Å². The Balaban J connectivity index is 1.70. The molecule has 1 aromatic heterocycles.